The minimum Gasteiger partial charge on any atom is -0.207 e. The number of nitrogens with zero attached hydrogens (tertiary/aromatic N) is 1. The minimum absolute atomic E-state index is 0.00326. The van der Waals surface area contributed by atoms with Crippen molar-refractivity contribution in [2.75, 3.05) is 7.05 Å². The molecule has 0 spiro atoms. The van der Waals surface area contributed by atoms with Gasteiger partial charge in [-0.2, -0.15) is 4.31 Å². The Balaban J connectivity index is 3.16. The molecule has 1 aromatic rings. The fourth-order valence-corrected chi connectivity index (χ4v) is 4.11. The molecule has 0 fully saturated rings. The second-order valence-electron chi connectivity index (χ2n) is 4.38. The van der Waals surface area contributed by atoms with Crippen molar-refractivity contribution < 1.29 is 8.42 Å². The molecule has 0 unspecified atom stereocenters. The van der Waals surface area contributed by atoms with E-state index in [0.29, 0.717) is 5.02 Å². The number of halogens is 2. The average Bonchev–Trinajstić information content (AvgIpc) is 2.39. The van der Waals surface area contributed by atoms with E-state index in [-0.39, 0.29) is 16.8 Å². The van der Waals surface area contributed by atoms with Gasteiger partial charge < -0.3 is 0 Å². The summed E-state index contributed by atoms with van der Waals surface area (Å²) in [7, 11) is -1.90. The van der Waals surface area contributed by atoms with Crippen molar-refractivity contribution in [2.45, 2.75) is 43.5 Å². The molecule has 0 aliphatic rings. The van der Waals surface area contributed by atoms with Gasteiger partial charge in [-0.25, -0.2) is 8.42 Å². The number of hydrogen-bond acceptors (Lipinski definition) is 2. The van der Waals surface area contributed by atoms with Gasteiger partial charge in [0.2, 0.25) is 10.0 Å². The van der Waals surface area contributed by atoms with Crippen molar-refractivity contribution in [1.82, 2.24) is 4.31 Å². The Kier molecular flexibility index (Phi) is 6.12. The third-order valence-electron chi connectivity index (χ3n) is 3.30. The van der Waals surface area contributed by atoms with Crippen LogP contribution in [0.4, 0.5) is 0 Å². The SMILES string of the molecule is CCC(CC)N(C)S(=O)(=O)c1ccc(CCl)c(Cl)c1. The molecular formula is C13H19Cl2NO2S. The monoisotopic (exact) mass is 323 g/mol. The molecule has 0 bridgehead atoms. The molecule has 0 aliphatic heterocycles. The zero-order chi connectivity index (χ0) is 14.6. The Labute approximate surface area is 125 Å². The first-order valence-corrected chi connectivity index (χ1v) is 8.56. The largest absolute Gasteiger partial charge is 0.243 e. The predicted octanol–water partition coefficient (Wildman–Crippen LogP) is 3.89. The maximum Gasteiger partial charge on any atom is 0.243 e. The molecule has 0 amide bonds. The van der Waals surface area contributed by atoms with Gasteiger partial charge in [-0.3, -0.25) is 0 Å². The maximum atomic E-state index is 12.5. The van der Waals surface area contributed by atoms with Crippen LogP contribution in [0.1, 0.15) is 32.3 Å². The van der Waals surface area contributed by atoms with Crippen LogP contribution in [0, 0.1) is 0 Å². The summed E-state index contributed by atoms with van der Waals surface area (Å²) in [5, 5.41) is 0.383. The van der Waals surface area contributed by atoms with E-state index in [9.17, 15) is 8.42 Å². The topological polar surface area (TPSA) is 37.4 Å². The van der Waals surface area contributed by atoms with Gasteiger partial charge in [0.1, 0.15) is 0 Å². The van der Waals surface area contributed by atoms with E-state index in [0.717, 1.165) is 18.4 Å². The van der Waals surface area contributed by atoms with E-state index in [1.54, 1.807) is 19.2 Å². The van der Waals surface area contributed by atoms with Crippen LogP contribution in [-0.2, 0) is 15.9 Å². The van der Waals surface area contributed by atoms with Gasteiger partial charge >= 0.3 is 0 Å². The van der Waals surface area contributed by atoms with Crippen molar-refractivity contribution >= 4 is 33.2 Å². The highest BCUT2D eigenvalue weighted by molar-refractivity contribution is 7.89. The second kappa shape index (κ2) is 6.93. The molecule has 19 heavy (non-hydrogen) atoms. The normalized spacial score (nSPS) is 12.4. The second-order valence-corrected chi connectivity index (χ2v) is 7.05. The molecule has 3 nitrogen and oxygen atoms in total. The van der Waals surface area contributed by atoms with E-state index in [2.05, 4.69) is 0 Å². The standard InChI is InChI=1S/C13H19Cl2NO2S/c1-4-11(5-2)16(3)19(17,18)12-7-6-10(9-14)13(15)8-12/h6-8,11H,4-5,9H2,1-3H3. The Morgan fingerprint density at radius 1 is 1.26 bits per heavy atom. The van der Waals surface area contributed by atoms with Gasteiger partial charge in [-0.1, -0.05) is 31.5 Å². The van der Waals surface area contributed by atoms with Crippen molar-refractivity contribution in [3.05, 3.63) is 28.8 Å². The lowest BCUT2D eigenvalue weighted by atomic mass is 10.2. The van der Waals surface area contributed by atoms with Crippen LogP contribution in [0.3, 0.4) is 0 Å². The smallest absolute Gasteiger partial charge is 0.207 e. The van der Waals surface area contributed by atoms with Gasteiger partial charge in [-0.05, 0) is 30.5 Å². The van der Waals surface area contributed by atoms with Gasteiger partial charge in [0.15, 0.2) is 0 Å². The fourth-order valence-electron chi connectivity index (χ4n) is 1.96. The van der Waals surface area contributed by atoms with Crippen molar-refractivity contribution in [2.24, 2.45) is 0 Å². The summed E-state index contributed by atoms with van der Waals surface area (Å²) in [6.07, 6.45) is 1.56. The fraction of sp³-hybridized carbons (Fsp3) is 0.538. The number of hydrogen-bond donors (Lipinski definition) is 0. The van der Waals surface area contributed by atoms with Crippen LogP contribution < -0.4 is 0 Å². The number of benzene rings is 1. The first-order chi connectivity index (χ1) is 8.88. The molecular weight excluding hydrogens is 305 g/mol. The molecule has 0 saturated heterocycles. The van der Waals surface area contributed by atoms with Crippen LogP contribution in [0.25, 0.3) is 0 Å². The summed E-state index contributed by atoms with van der Waals surface area (Å²) in [5.41, 5.74) is 0.729. The number of rotatable bonds is 6. The summed E-state index contributed by atoms with van der Waals surface area (Å²) >= 11 is 11.7. The summed E-state index contributed by atoms with van der Waals surface area (Å²) in [6.45, 7) is 3.95. The molecule has 0 radical (unpaired) electrons. The third-order valence-corrected chi connectivity index (χ3v) is 5.85. The third kappa shape index (κ3) is 3.63. The van der Waals surface area contributed by atoms with Gasteiger partial charge in [0.25, 0.3) is 0 Å². The zero-order valence-electron chi connectivity index (χ0n) is 11.4. The molecule has 108 valence electrons. The zero-order valence-corrected chi connectivity index (χ0v) is 13.7. The molecule has 6 heteroatoms. The van der Waals surface area contributed by atoms with Crippen LogP contribution in [0.5, 0.6) is 0 Å². The van der Waals surface area contributed by atoms with Crippen LogP contribution >= 0.6 is 23.2 Å². The molecule has 0 saturated carbocycles. The van der Waals surface area contributed by atoms with Crippen LogP contribution in [0.15, 0.2) is 23.1 Å². The maximum absolute atomic E-state index is 12.5. The van der Waals surface area contributed by atoms with Crippen molar-refractivity contribution in [1.29, 1.82) is 0 Å². The average molecular weight is 324 g/mol. The lowest BCUT2D eigenvalue weighted by molar-refractivity contribution is 0.349. The molecule has 0 atom stereocenters. The van der Waals surface area contributed by atoms with E-state index in [1.807, 2.05) is 13.8 Å². The Bertz CT molecular complexity index is 527. The van der Waals surface area contributed by atoms with Crippen LogP contribution in [0.2, 0.25) is 5.02 Å². The molecule has 0 N–H and O–H groups in total. The Morgan fingerprint density at radius 3 is 2.26 bits per heavy atom. The molecule has 0 heterocycles. The highest BCUT2D eigenvalue weighted by Gasteiger charge is 2.26. The Hall–Kier alpha value is -0.290. The number of sulfonamides is 1. The first kappa shape index (κ1) is 16.8. The number of alkyl halides is 1. The Morgan fingerprint density at radius 2 is 1.84 bits per heavy atom. The lowest BCUT2D eigenvalue weighted by Crippen LogP contribution is -2.36. The lowest BCUT2D eigenvalue weighted by Gasteiger charge is -2.25. The molecule has 0 aromatic heterocycles. The van der Waals surface area contributed by atoms with Crippen molar-refractivity contribution in [3.63, 3.8) is 0 Å². The van der Waals surface area contributed by atoms with E-state index < -0.39 is 10.0 Å². The van der Waals surface area contributed by atoms with Gasteiger partial charge in [-0.15, -0.1) is 11.6 Å². The van der Waals surface area contributed by atoms with E-state index >= 15 is 0 Å². The minimum atomic E-state index is -3.50. The predicted molar refractivity (Wildman–Crippen MR) is 80.3 cm³/mol. The van der Waals surface area contributed by atoms with Crippen LogP contribution in [-0.4, -0.2) is 25.8 Å². The van der Waals surface area contributed by atoms with Gasteiger partial charge in [0, 0.05) is 24.0 Å². The highest BCUT2D eigenvalue weighted by atomic mass is 35.5. The molecule has 1 rings (SSSR count). The summed E-state index contributed by atoms with van der Waals surface area (Å²) in [6, 6.07) is 4.67. The van der Waals surface area contributed by atoms with E-state index in [4.69, 9.17) is 23.2 Å². The molecule has 0 aliphatic carbocycles. The summed E-state index contributed by atoms with van der Waals surface area (Å²) in [4.78, 5) is 0.209. The summed E-state index contributed by atoms with van der Waals surface area (Å²) in [5.74, 6) is 0.265. The first-order valence-electron chi connectivity index (χ1n) is 6.20. The van der Waals surface area contributed by atoms with Crippen molar-refractivity contribution in [3.8, 4) is 0 Å². The summed E-state index contributed by atoms with van der Waals surface area (Å²) < 4.78 is 26.4. The van der Waals surface area contributed by atoms with Gasteiger partial charge in [0.05, 0.1) is 4.90 Å². The molecule has 1 aromatic carbocycles. The van der Waals surface area contributed by atoms with E-state index in [1.165, 1.54) is 10.4 Å². The quantitative estimate of drug-likeness (QED) is 0.745. The highest BCUT2D eigenvalue weighted by Crippen LogP contribution is 2.25.